The van der Waals surface area contributed by atoms with E-state index in [0.29, 0.717) is 12.1 Å². The van der Waals surface area contributed by atoms with Crippen LogP contribution in [0.2, 0.25) is 0 Å². The van der Waals surface area contributed by atoms with E-state index in [4.69, 9.17) is 5.73 Å². The highest BCUT2D eigenvalue weighted by molar-refractivity contribution is 5.55. The third kappa shape index (κ3) is 4.20. The molecule has 2 N–H and O–H groups in total. The van der Waals surface area contributed by atoms with Crippen LogP contribution in [0.3, 0.4) is 0 Å². The summed E-state index contributed by atoms with van der Waals surface area (Å²) >= 11 is 0. The lowest BCUT2D eigenvalue weighted by Gasteiger charge is -2.33. The van der Waals surface area contributed by atoms with Crippen molar-refractivity contribution in [1.29, 1.82) is 0 Å². The average Bonchev–Trinajstić information content (AvgIpc) is 2.37. The van der Waals surface area contributed by atoms with E-state index in [2.05, 4.69) is 25.7 Å². The van der Waals surface area contributed by atoms with Crippen molar-refractivity contribution in [3.63, 3.8) is 0 Å². The molecule has 0 radical (unpaired) electrons. The van der Waals surface area contributed by atoms with Gasteiger partial charge in [0.2, 0.25) is 0 Å². The van der Waals surface area contributed by atoms with Gasteiger partial charge in [-0.25, -0.2) is 0 Å². The highest BCUT2D eigenvalue weighted by Crippen LogP contribution is 2.27. The number of rotatable bonds is 7. The van der Waals surface area contributed by atoms with E-state index in [-0.39, 0.29) is 16.0 Å². The number of nitrogens with two attached hydrogens (primary N) is 1. The highest BCUT2D eigenvalue weighted by atomic mass is 16.6. The second-order valence-corrected chi connectivity index (χ2v) is 6.02. The lowest BCUT2D eigenvalue weighted by molar-refractivity contribution is -0.385. The smallest absolute Gasteiger partial charge is 0.272 e. The SMILES string of the molecule is CCCN(CC(C)(C)CN)c1ccc([N+](=O)[O-])c(C)c1. The van der Waals surface area contributed by atoms with Crippen molar-refractivity contribution in [3.05, 3.63) is 33.9 Å². The summed E-state index contributed by atoms with van der Waals surface area (Å²) in [7, 11) is 0. The molecule has 0 aliphatic carbocycles. The van der Waals surface area contributed by atoms with E-state index < -0.39 is 0 Å². The summed E-state index contributed by atoms with van der Waals surface area (Å²) in [5, 5.41) is 10.9. The Labute approximate surface area is 120 Å². The summed E-state index contributed by atoms with van der Waals surface area (Å²) in [5.74, 6) is 0. The zero-order chi connectivity index (χ0) is 15.3. The van der Waals surface area contributed by atoms with Crippen LogP contribution in [0, 0.1) is 22.5 Å². The number of aryl methyl sites for hydroxylation is 1. The Hall–Kier alpha value is -1.62. The van der Waals surface area contributed by atoms with Gasteiger partial charge in [-0.1, -0.05) is 20.8 Å². The number of nitro benzene ring substituents is 1. The maximum absolute atomic E-state index is 10.9. The second-order valence-electron chi connectivity index (χ2n) is 6.02. The fourth-order valence-corrected chi connectivity index (χ4v) is 2.19. The monoisotopic (exact) mass is 279 g/mol. The Kier molecular flexibility index (Phi) is 5.51. The van der Waals surface area contributed by atoms with Gasteiger partial charge >= 0.3 is 0 Å². The average molecular weight is 279 g/mol. The molecule has 0 aliphatic rings. The topological polar surface area (TPSA) is 72.4 Å². The van der Waals surface area contributed by atoms with Crippen LogP contribution in [0.25, 0.3) is 0 Å². The molecular weight excluding hydrogens is 254 g/mol. The van der Waals surface area contributed by atoms with Crippen molar-refractivity contribution < 1.29 is 4.92 Å². The lowest BCUT2D eigenvalue weighted by Crippen LogP contribution is -2.39. The Bertz CT molecular complexity index is 472. The first-order valence-corrected chi connectivity index (χ1v) is 7.01. The third-order valence-electron chi connectivity index (χ3n) is 3.41. The molecule has 0 saturated carbocycles. The van der Waals surface area contributed by atoms with E-state index in [1.165, 1.54) is 0 Å². The standard InChI is InChI=1S/C15H25N3O2/c1-5-8-17(11-15(3,4)10-16)13-6-7-14(18(19)20)12(2)9-13/h6-7,9H,5,8,10-11,16H2,1-4H3. The van der Waals surface area contributed by atoms with Gasteiger partial charge in [0, 0.05) is 30.4 Å². The first-order valence-electron chi connectivity index (χ1n) is 7.01. The molecular formula is C15H25N3O2. The molecule has 0 bridgehead atoms. The molecule has 0 fully saturated rings. The van der Waals surface area contributed by atoms with Crippen molar-refractivity contribution in [2.75, 3.05) is 24.5 Å². The molecule has 1 aromatic rings. The predicted molar refractivity (Wildman–Crippen MR) is 83.2 cm³/mol. The summed E-state index contributed by atoms with van der Waals surface area (Å²) in [5.41, 5.74) is 7.71. The molecule has 0 saturated heterocycles. The fourth-order valence-electron chi connectivity index (χ4n) is 2.19. The summed E-state index contributed by atoms with van der Waals surface area (Å²) < 4.78 is 0. The maximum atomic E-state index is 10.9. The maximum Gasteiger partial charge on any atom is 0.272 e. The van der Waals surface area contributed by atoms with Crippen LogP contribution in [0.4, 0.5) is 11.4 Å². The quantitative estimate of drug-likeness (QED) is 0.615. The largest absolute Gasteiger partial charge is 0.371 e. The van der Waals surface area contributed by atoms with E-state index in [9.17, 15) is 10.1 Å². The zero-order valence-corrected chi connectivity index (χ0v) is 12.8. The van der Waals surface area contributed by atoms with Gasteiger partial charge in [0.15, 0.2) is 0 Å². The van der Waals surface area contributed by atoms with Crippen molar-refractivity contribution in [2.24, 2.45) is 11.1 Å². The van der Waals surface area contributed by atoms with Gasteiger partial charge in [-0.15, -0.1) is 0 Å². The zero-order valence-electron chi connectivity index (χ0n) is 12.8. The van der Waals surface area contributed by atoms with Gasteiger partial charge in [-0.2, -0.15) is 0 Å². The van der Waals surface area contributed by atoms with E-state index in [1.807, 2.05) is 12.1 Å². The minimum Gasteiger partial charge on any atom is -0.371 e. The molecule has 0 heterocycles. The molecule has 112 valence electrons. The van der Waals surface area contributed by atoms with E-state index in [0.717, 1.165) is 25.2 Å². The molecule has 5 heteroatoms. The number of hydrogen-bond donors (Lipinski definition) is 1. The first-order chi connectivity index (χ1) is 9.30. The van der Waals surface area contributed by atoms with Crippen LogP contribution in [0.1, 0.15) is 32.8 Å². The van der Waals surface area contributed by atoms with Crippen LogP contribution < -0.4 is 10.6 Å². The second kappa shape index (κ2) is 6.70. The molecule has 0 spiro atoms. The lowest BCUT2D eigenvalue weighted by atomic mass is 9.92. The molecule has 1 aromatic carbocycles. The number of hydrogen-bond acceptors (Lipinski definition) is 4. The first kappa shape index (κ1) is 16.4. The van der Waals surface area contributed by atoms with Crippen LogP contribution in [0.15, 0.2) is 18.2 Å². The molecule has 20 heavy (non-hydrogen) atoms. The molecule has 0 aromatic heterocycles. The Morgan fingerprint density at radius 2 is 2.05 bits per heavy atom. The Balaban J connectivity index is 3.03. The number of anilines is 1. The van der Waals surface area contributed by atoms with Gasteiger partial charge in [0.1, 0.15) is 0 Å². The summed E-state index contributed by atoms with van der Waals surface area (Å²) in [6.07, 6.45) is 1.02. The number of nitrogens with zero attached hydrogens (tertiary/aromatic N) is 2. The summed E-state index contributed by atoms with van der Waals surface area (Å²) in [6, 6.07) is 5.30. The van der Waals surface area contributed by atoms with E-state index >= 15 is 0 Å². The van der Waals surface area contributed by atoms with Crippen LogP contribution in [0.5, 0.6) is 0 Å². The van der Waals surface area contributed by atoms with Gasteiger partial charge in [0.25, 0.3) is 5.69 Å². The van der Waals surface area contributed by atoms with Gasteiger partial charge in [0.05, 0.1) is 4.92 Å². The fraction of sp³-hybridized carbons (Fsp3) is 0.600. The minimum atomic E-state index is -0.340. The number of nitro groups is 1. The Morgan fingerprint density at radius 3 is 2.50 bits per heavy atom. The molecule has 5 nitrogen and oxygen atoms in total. The van der Waals surface area contributed by atoms with Gasteiger partial charge in [-0.05, 0) is 37.4 Å². The molecule has 0 amide bonds. The summed E-state index contributed by atoms with van der Waals surface area (Å²) in [6.45, 7) is 10.5. The van der Waals surface area contributed by atoms with Gasteiger partial charge in [-0.3, -0.25) is 10.1 Å². The minimum absolute atomic E-state index is 0.0187. The molecule has 0 aliphatic heterocycles. The molecule has 0 unspecified atom stereocenters. The molecule has 1 rings (SSSR count). The van der Waals surface area contributed by atoms with Crippen LogP contribution >= 0.6 is 0 Å². The van der Waals surface area contributed by atoms with Crippen molar-refractivity contribution in [2.45, 2.75) is 34.1 Å². The van der Waals surface area contributed by atoms with Crippen molar-refractivity contribution in [1.82, 2.24) is 0 Å². The molecule has 0 atom stereocenters. The Morgan fingerprint density at radius 1 is 1.40 bits per heavy atom. The third-order valence-corrected chi connectivity index (χ3v) is 3.41. The summed E-state index contributed by atoms with van der Waals surface area (Å²) in [4.78, 5) is 12.8. The van der Waals surface area contributed by atoms with Crippen LogP contribution in [-0.4, -0.2) is 24.6 Å². The van der Waals surface area contributed by atoms with Crippen molar-refractivity contribution >= 4 is 11.4 Å². The van der Waals surface area contributed by atoms with Crippen molar-refractivity contribution in [3.8, 4) is 0 Å². The normalized spacial score (nSPS) is 11.4. The van der Waals surface area contributed by atoms with Gasteiger partial charge < -0.3 is 10.6 Å². The number of benzene rings is 1. The van der Waals surface area contributed by atoms with Crippen LogP contribution in [-0.2, 0) is 0 Å². The van der Waals surface area contributed by atoms with E-state index in [1.54, 1.807) is 13.0 Å². The highest BCUT2D eigenvalue weighted by Gasteiger charge is 2.21. The predicted octanol–water partition coefficient (Wildman–Crippen LogP) is 3.10.